The van der Waals surface area contributed by atoms with Crippen LogP contribution < -0.4 is 16.8 Å². The Balaban J connectivity index is 3.14. The summed E-state index contributed by atoms with van der Waals surface area (Å²) >= 11 is 0. The molecule has 8 nitrogen and oxygen atoms in total. The van der Waals surface area contributed by atoms with Gasteiger partial charge >= 0.3 is 5.97 Å². The molecule has 0 aromatic rings. The number of hydrogen-bond donors (Lipinski definition) is 3. The Bertz CT molecular complexity index is 559. The molecule has 1 rings (SSSR count). The number of esters is 1. The smallest absolute Gasteiger partial charge is 0.342 e. The molecule has 1 aliphatic rings. The molecule has 0 saturated carbocycles. The van der Waals surface area contributed by atoms with Crippen molar-refractivity contribution in [3.05, 3.63) is 0 Å². The number of carbonyl (C=O) groups excluding carboxylic acids is 3. The van der Waals surface area contributed by atoms with Crippen LogP contribution in [-0.2, 0) is 19.1 Å². The van der Waals surface area contributed by atoms with Crippen molar-refractivity contribution in [2.75, 3.05) is 19.6 Å². The highest BCUT2D eigenvalue weighted by Gasteiger charge is 2.58. The van der Waals surface area contributed by atoms with Crippen molar-refractivity contribution in [3.8, 4) is 0 Å². The minimum Gasteiger partial charge on any atom is -0.458 e. The van der Waals surface area contributed by atoms with Gasteiger partial charge in [0.05, 0.1) is 6.04 Å². The average Bonchev–Trinajstić information content (AvgIpc) is 3.03. The van der Waals surface area contributed by atoms with Crippen molar-refractivity contribution in [1.29, 1.82) is 0 Å². The Morgan fingerprint density at radius 3 is 2.39 bits per heavy atom. The molecule has 2 atom stereocenters. The summed E-state index contributed by atoms with van der Waals surface area (Å²) in [6, 6.07) is -0.774. The third-order valence-electron chi connectivity index (χ3n) is 4.72. The fourth-order valence-electron chi connectivity index (χ4n) is 3.30. The summed E-state index contributed by atoms with van der Waals surface area (Å²) in [5.74, 6) is -1.36. The summed E-state index contributed by atoms with van der Waals surface area (Å²) in [4.78, 5) is 40.7. The molecule has 1 heterocycles. The summed E-state index contributed by atoms with van der Waals surface area (Å²) in [5.41, 5.74) is 9.16. The lowest BCUT2D eigenvalue weighted by Gasteiger charge is -2.38. The van der Waals surface area contributed by atoms with Crippen LogP contribution in [0.4, 0.5) is 0 Å². The van der Waals surface area contributed by atoms with E-state index in [9.17, 15) is 14.4 Å². The maximum Gasteiger partial charge on any atom is 0.342 e. The second-order valence-electron chi connectivity index (χ2n) is 8.95. The van der Waals surface area contributed by atoms with Gasteiger partial charge in [-0.15, -0.1) is 0 Å². The predicted octanol–water partition coefficient (Wildman–Crippen LogP) is 0.918. The molecule has 28 heavy (non-hydrogen) atoms. The third-order valence-corrected chi connectivity index (χ3v) is 4.72. The van der Waals surface area contributed by atoms with Crippen molar-refractivity contribution in [2.24, 2.45) is 17.4 Å². The molecule has 2 amide bonds. The molecule has 0 aromatic carbocycles. The molecule has 8 heteroatoms. The molecule has 1 aliphatic heterocycles. The molecule has 0 aromatic heterocycles. The van der Waals surface area contributed by atoms with Gasteiger partial charge in [0.15, 0.2) is 0 Å². The maximum absolute atomic E-state index is 13.1. The number of carbonyl (C=O) groups is 3. The molecule has 1 saturated heterocycles. The lowest BCUT2D eigenvalue weighted by atomic mass is 9.93. The first kappa shape index (κ1) is 24.4. The van der Waals surface area contributed by atoms with E-state index in [4.69, 9.17) is 16.2 Å². The van der Waals surface area contributed by atoms with E-state index in [-0.39, 0.29) is 18.2 Å². The summed E-state index contributed by atoms with van der Waals surface area (Å²) < 4.78 is 5.56. The number of unbranched alkanes of at least 4 members (excludes halogenated alkanes) is 1. The molecule has 0 spiro atoms. The average molecular weight is 399 g/mol. The minimum absolute atomic E-state index is 0.212. The monoisotopic (exact) mass is 398 g/mol. The van der Waals surface area contributed by atoms with E-state index < -0.39 is 29.1 Å². The second kappa shape index (κ2) is 10.2. The topological polar surface area (TPSA) is 128 Å². The lowest BCUT2D eigenvalue weighted by molar-refractivity contribution is -0.175. The van der Waals surface area contributed by atoms with Crippen molar-refractivity contribution < 1.29 is 19.1 Å². The molecule has 1 fully saturated rings. The van der Waals surface area contributed by atoms with E-state index in [1.54, 1.807) is 20.8 Å². The van der Waals surface area contributed by atoms with Gasteiger partial charge in [-0.25, -0.2) is 4.79 Å². The fourth-order valence-corrected chi connectivity index (χ4v) is 3.30. The van der Waals surface area contributed by atoms with Crippen LogP contribution in [0, 0.1) is 5.92 Å². The van der Waals surface area contributed by atoms with E-state index >= 15 is 0 Å². The molecule has 0 unspecified atom stereocenters. The van der Waals surface area contributed by atoms with E-state index in [1.807, 2.05) is 13.8 Å². The molecule has 5 N–H and O–H groups in total. The Kier molecular flexibility index (Phi) is 8.88. The van der Waals surface area contributed by atoms with E-state index in [2.05, 4.69) is 5.32 Å². The standard InChI is InChI=1S/C20H38N4O4/c1-14(2)13-23-17(26)20(18(27)28-19(3,4)5)10-8-12-24(20)16(25)15(22)9-6-7-11-21/h14-15H,6-13,21-22H2,1-5H3,(H,23,26)/t15-,20-/m0/s1. The number of amides is 2. The number of hydrogen-bond acceptors (Lipinski definition) is 6. The highest BCUT2D eigenvalue weighted by molar-refractivity contribution is 6.11. The largest absolute Gasteiger partial charge is 0.458 e. The number of nitrogens with two attached hydrogens (primary N) is 2. The summed E-state index contributed by atoms with van der Waals surface area (Å²) in [5, 5.41) is 2.82. The van der Waals surface area contributed by atoms with Gasteiger partial charge in [0.25, 0.3) is 5.91 Å². The van der Waals surface area contributed by atoms with Gasteiger partial charge in [0.2, 0.25) is 11.4 Å². The quantitative estimate of drug-likeness (QED) is 0.301. The predicted molar refractivity (Wildman–Crippen MR) is 108 cm³/mol. The Morgan fingerprint density at radius 2 is 1.86 bits per heavy atom. The van der Waals surface area contributed by atoms with Gasteiger partial charge in [0, 0.05) is 13.1 Å². The van der Waals surface area contributed by atoms with Crippen molar-refractivity contribution in [3.63, 3.8) is 0 Å². The van der Waals surface area contributed by atoms with Crippen LogP contribution >= 0.6 is 0 Å². The third kappa shape index (κ3) is 6.17. The Morgan fingerprint density at radius 1 is 1.21 bits per heavy atom. The van der Waals surface area contributed by atoms with Gasteiger partial charge in [-0.05, 0) is 58.9 Å². The summed E-state index contributed by atoms with van der Waals surface area (Å²) in [6.07, 6.45) is 2.72. The first-order valence-electron chi connectivity index (χ1n) is 10.2. The number of ether oxygens (including phenoxy) is 1. The molecular weight excluding hydrogens is 360 g/mol. The minimum atomic E-state index is -1.66. The zero-order chi connectivity index (χ0) is 21.5. The van der Waals surface area contributed by atoms with Crippen LogP contribution in [0.1, 0.15) is 66.7 Å². The second-order valence-corrected chi connectivity index (χ2v) is 8.95. The lowest BCUT2D eigenvalue weighted by Crippen LogP contribution is -2.65. The highest BCUT2D eigenvalue weighted by atomic mass is 16.6. The van der Waals surface area contributed by atoms with Gasteiger partial charge in [-0.2, -0.15) is 0 Å². The first-order chi connectivity index (χ1) is 13.0. The van der Waals surface area contributed by atoms with E-state index in [1.165, 1.54) is 4.90 Å². The fraction of sp³-hybridized carbons (Fsp3) is 0.850. The van der Waals surface area contributed by atoms with Crippen LogP contribution in [0.2, 0.25) is 0 Å². The highest BCUT2D eigenvalue weighted by Crippen LogP contribution is 2.33. The number of rotatable bonds is 9. The van der Waals surface area contributed by atoms with Crippen LogP contribution in [0.15, 0.2) is 0 Å². The van der Waals surface area contributed by atoms with Gasteiger partial charge in [-0.1, -0.05) is 20.3 Å². The summed E-state index contributed by atoms with van der Waals surface area (Å²) in [7, 11) is 0. The zero-order valence-electron chi connectivity index (χ0n) is 18.0. The van der Waals surface area contributed by atoms with Crippen LogP contribution in [0.25, 0.3) is 0 Å². The first-order valence-corrected chi connectivity index (χ1v) is 10.2. The number of likely N-dealkylation sites (tertiary alicyclic amines) is 1. The summed E-state index contributed by atoms with van der Waals surface area (Å²) in [6.45, 7) is 10.4. The normalized spacial score (nSPS) is 20.9. The molecule has 0 aliphatic carbocycles. The number of nitrogens with zero attached hydrogens (tertiary/aromatic N) is 1. The van der Waals surface area contributed by atoms with Crippen molar-refractivity contribution in [1.82, 2.24) is 10.2 Å². The van der Waals surface area contributed by atoms with E-state index in [0.29, 0.717) is 32.5 Å². The van der Waals surface area contributed by atoms with Crippen molar-refractivity contribution in [2.45, 2.75) is 83.9 Å². The van der Waals surface area contributed by atoms with Gasteiger partial charge < -0.3 is 26.4 Å². The van der Waals surface area contributed by atoms with Crippen LogP contribution in [0.3, 0.4) is 0 Å². The Labute approximate surface area is 168 Å². The Hall–Kier alpha value is -1.67. The zero-order valence-corrected chi connectivity index (χ0v) is 18.0. The van der Waals surface area contributed by atoms with Crippen LogP contribution in [0.5, 0.6) is 0 Å². The maximum atomic E-state index is 13.1. The van der Waals surface area contributed by atoms with Crippen LogP contribution in [-0.4, -0.2) is 59.5 Å². The van der Waals surface area contributed by atoms with Gasteiger partial charge in [-0.3, -0.25) is 9.59 Å². The van der Waals surface area contributed by atoms with Crippen molar-refractivity contribution >= 4 is 17.8 Å². The number of nitrogens with one attached hydrogen (secondary N) is 1. The molecule has 0 radical (unpaired) electrons. The SMILES string of the molecule is CC(C)CNC(=O)[C@]1(C(=O)OC(C)(C)C)CCCN1C(=O)[C@@H](N)CCCCN. The molecular formula is C20H38N4O4. The molecule has 162 valence electrons. The van der Waals surface area contributed by atoms with Gasteiger partial charge in [0.1, 0.15) is 5.60 Å². The van der Waals surface area contributed by atoms with E-state index in [0.717, 1.165) is 12.8 Å². The molecule has 0 bridgehead atoms.